The lowest BCUT2D eigenvalue weighted by atomic mass is 9.95. The maximum atomic E-state index is 10.9. The van der Waals surface area contributed by atoms with Crippen molar-refractivity contribution in [1.29, 1.82) is 0 Å². The van der Waals surface area contributed by atoms with Gasteiger partial charge in [0.25, 0.3) is 0 Å². The smallest absolute Gasteiger partial charge is 0.225 e. The van der Waals surface area contributed by atoms with Crippen LogP contribution in [0.1, 0.15) is 35.6 Å². The second-order valence-corrected chi connectivity index (χ2v) is 8.04. The van der Waals surface area contributed by atoms with Gasteiger partial charge in [0.05, 0.1) is 6.10 Å². The molecular formula is C21H25N3O2. The molecule has 0 amide bonds. The minimum atomic E-state index is -0.468. The molecule has 2 aromatic rings. The molecule has 2 aliphatic carbocycles. The summed E-state index contributed by atoms with van der Waals surface area (Å²) in [6.45, 7) is 1.35. The van der Waals surface area contributed by atoms with Gasteiger partial charge in [0.2, 0.25) is 5.95 Å². The van der Waals surface area contributed by atoms with Crippen LogP contribution in [0.5, 0.6) is 0 Å². The molecule has 4 atom stereocenters. The van der Waals surface area contributed by atoms with E-state index in [0.717, 1.165) is 18.8 Å². The molecule has 1 aromatic carbocycles. The summed E-state index contributed by atoms with van der Waals surface area (Å²) in [6.07, 6.45) is 6.02. The molecule has 0 radical (unpaired) electrons. The van der Waals surface area contributed by atoms with Gasteiger partial charge in [0.1, 0.15) is 0 Å². The summed E-state index contributed by atoms with van der Waals surface area (Å²) in [5.41, 5.74) is 3.37. The van der Waals surface area contributed by atoms with Crippen LogP contribution >= 0.6 is 0 Å². The standard InChI is InChI=1S/C21H25N3O2/c25-12-16-19(14-6-2-1-3-7-14)21(16)13-24(11-18(21)26)20-22-10-15-8-4-5-9-17(15)23-20/h1-3,6-7,10,16,18-19,25-26H,4-5,8-9,11-13H2/t16-,18+,19-,21-/m1/s1. The Bertz CT molecular complexity index is 812. The summed E-state index contributed by atoms with van der Waals surface area (Å²) < 4.78 is 0. The van der Waals surface area contributed by atoms with E-state index in [4.69, 9.17) is 4.98 Å². The Morgan fingerprint density at radius 2 is 1.96 bits per heavy atom. The normalized spacial score (nSPS) is 32.7. The van der Waals surface area contributed by atoms with Crippen LogP contribution in [0.2, 0.25) is 0 Å². The number of hydrogen-bond donors (Lipinski definition) is 2. The third-order valence-corrected chi connectivity index (χ3v) is 6.73. The number of rotatable bonds is 3. The summed E-state index contributed by atoms with van der Waals surface area (Å²) in [4.78, 5) is 11.5. The lowest BCUT2D eigenvalue weighted by molar-refractivity contribution is 0.113. The number of aliphatic hydroxyl groups excluding tert-OH is 2. The van der Waals surface area contributed by atoms with Crippen LogP contribution in [0.3, 0.4) is 0 Å². The van der Waals surface area contributed by atoms with Crippen molar-refractivity contribution < 1.29 is 10.2 Å². The lowest BCUT2D eigenvalue weighted by Gasteiger charge is -2.20. The molecule has 1 saturated carbocycles. The van der Waals surface area contributed by atoms with E-state index in [2.05, 4.69) is 22.0 Å². The van der Waals surface area contributed by atoms with Crippen LogP contribution in [-0.2, 0) is 12.8 Å². The third kappa shape index (κ3) is 2.30. The second kappa shape index (κ2) is 6.03. The molecule has 0 unspecified atom stereocenters. The molecule has 5 nitrogen and oxygen atoms in total. The lowest BCUT2D eigenvalue weighted by Crippen LogP contribution is -2.24. The van der Waals surface area contributed by atoms with Crippen molar-refractivity contribution in [2.24, 2.45) is 11.3 Å². The van der Waals surface area contributed by atoms with Crippen molar-refractivity contribution in [2.75, 3.05) is 24.6 Å². The van der Waals surface area contributed by atoms with Gasteiger partial charge in [-0.3, -0.25) is 0 Å². The topological polar surface area (TPSA) is 69.5 Å². The van der Waals surface area contributed by atoms with Crippen molar-refractivity contribution >= 4 is 5.95 Å². The van der Waals surface area contributed by atoms with Gasteiger partial charge in [0.15, 0.2) is 0 Å². The van der Waals surface area contributed by atoms with Crippen molar-refractivity contribution in [3.63, 3.8) is 0 Å². The largest absolute Gasteiger partial charge is 0.396 e. The van der Waals surface area contributed by atoms with Crippen LogP contribution < -0.4 is 4.90 Å². The molecule has 1 saturated heterocycles. The molecule has 0 bridgehead atoms. The van der Waals surface area contributed by atoms with E-state index in [1.807, 2.05) is 24.4 Å². The molecule has 5 rings (SSSR count). The highest BCUT2D eigenvalue weighted by Crippen LogP contribution is 2.68. The maximum absolute atomic E-state index is 10.9. The quantitative estimate of drug-likeness (QED) is 0.884. The van der Waals surface area contributed by atoms with Gasteiger partial charge in [-0.1, -0.05) is 30.3 Å². The van der Waals surface area contributed by atoms with Crippen molar-refractivity contribution in [2.45, 2.75) is 37.7 Å². The Hall–Kier alpha value is -1.98. The Morgan fingerprint density at radius 3 is 2.77 bits per heavy atom. The Morgan fingerprint density at radius 1 is 1.15 bits per heavy atom. The molecule has 26 heavy (non-hydrogen) atoms. The molecule has 136 valence electrons. The van der Waals surface area contributed by atoms with Gasteiger partial charge in [-0.05, 0) is 48.6 Å². The summed E-state index contributed by atoms with van der Waals surface area (Å²) in [6, 6.07) is 10.3. The number of aliphatic hydroxyl groups is 2. The monoisotopic (exact) mass is 351 g/mol. The number of β-amino-alcohol motifs (C(OH)–C–C–N with tert-alkyl or cyclic N) is 1. The molecule has 2 heterocycles. The number of nitrogens with zero attached hydrogens (tertiary/aromatic N) is 3. The van der Waals surface area contributed by atoms with Crippen LogP contribution in [0.15, 0.2) is 36.5 Å². The predicted octanol–water partition coefficient (Wildman–Crippen LogP) is 1.93. The van der Waals surface area contributed by atoms with Gasteiger partial charge in [0, 0.05) is 37.0 Å². The fraction of sp³-hybridized carbons (Fsp3) is 0.524. The SMILES string of the molecule is OC[C@@H]1[C@@H](c2ccccc2)[C@]12CN(c1ncc3c(n1)CCCC3)C[C@@H]2O. The van der Waals surface area contributed by atoms with Crippen molar-refractivity contribution in [3.8, 4) is 0 Å². The average molecular weight is 351 g/mol. The van der Waals surface area contributed by atoms with Gasteiger partial charge < -0.3 is 15.1 Å². The predicted molar refractivity (Wildman–Crippen MR) is 99.1 cm³/mol. The zero-order valence-corrected chi connectivity index (χ0v) is 14.9. The zero-order valence-electron chi connectivity index (χ0n) is 14.9. The Labute approximate surface area is 153 Å². The number of hydrogen-bond acceptors (Lipinski definition) is 5. The zero-order chi connectivity index (χ0) is 17.7. The van der Waals surface area contributed by atoms with Crippen molar-refractivity contribution in [3.05, 3.63) is 53.3 Å². The van der Waals surface area contributed by atoms with Crippen LogP contribution in [0.4, 0.5) is 5.95 Å². The van der Waals surface area contributed by atoms with Crippen LogP contribution in [0, 0.1) is 11.3 Å². The summed E-state index contributed by atoms with van der Waals surface area (Å²) in [5, 5.41) is 20.8. The van der Waals surface area contributed by atoms with E-state index in [0.29, 0.717) is 13.1 Å². The van der Waals surface area contributed by atoms with E-state index in [1.165, 1.54) is 29.7 Å². The van der Waals surface area contributed by atoms with Crippen LogP contribution in [0.25, 0.3) is 0 Å². The average Bonchev–Trinajstić information content (AvgIpc) is 3.23. The first-order valence-electron chi connectivity index (χ1n) is 9.67. The van der Waals surface area contributed by atoms with E-state index >= 15 is 0 Å². The minimum Gasteiger partial charge on any atom is -0.396 e. The first kappa shape index (κ1) is 16.2. The van der Waals surface area contributed by atoms with Crippen molar-refractivity contribution in [1.82, 2.24) is 9.97 Å². The van der Waals surface area contributed by atoms with Gasteiger partial charge in [-0.25, -0.2) is 9.97 Å². The minimum absolute atomic E-state index is 0.0996. The van der Waals surface area contributed by atoms with Gasteiger partial charge in [-0.15, -0.1) is 0 Å². The van der Waals surface area contributed by atoms with E-state index in [-0.39, 0.29) is 23.9 Å². The summed E-state index contributed by atoms with van der Waals surface area (Å²) >= 11 is 0. The molecule has 2 fully saturated rings. The molecule has 2 N–H and O–H groups in total. The van der Waals surface area contributed by atoms with Gasteiger partial charge in [-0.2, -0.15) is 0 Å². The summed E-state index contributed by atoms with van der Waals surface area (Å²) in [5.74, 6) is 1.03. The molecule has 1 aliphatic heterocycles. The van der Waals surface area contributed by atoms with Crippen LogP contribution in [-0.4, -0.2) is 46.0 Å². The molecule has 3 aliphatic rings. The van der Waals surface area contributed by atoms with E-state index in [9.17, 15) is 10.2 Å². The van der Waals surface area contributed by atoms with Gasteiger partial charge >= 0.3 is 0 Å². The highest BCUT2D eigenvalue weighted by atomic mass is 16.3. The van der Waals surface area contributed by atoms with E-state index in [1.54, 1.807) is 0 Å². The molecule has 1 aromatic heterocycles. The Kier molecular flexibility index (Phi) is 3.76. The molecular weight excluding hydrogens is 326 g/mol. The second-order valence-electron chi connectivity index (χ2n) is 8.04. The maximum Gasteiger partial charge on any atom is 0.225 e. The highest BCUT2D eigenvalue weighted by Gasteiger charge is 2.71. The summed E-state index contributed by atoms with van der Waals surface area (Å²) in [7, 11) is 0. The third-order valence-electron chi connectivity index (χ3n) is 6.73. The number of fused-ring (bicyclic) bond motifs is 1. The number of aromatic nitrogens is 2. The first-order chi connectivity index (χ1) is 12.7. The Balaban J connectivity index is 1.43. The number of benzene rings is 1. The fourth-order valence-electron chi connectivity index (χ4n) is 5.34. The number of anilines is 1. The highest BCUT2D eigenvalue weighted by molar-refractivity contribution is 5.44. The number of aryl methyl sites for hydroxylation is 2. The van der Waals surface area contributed by atoms with E-state index < -0.39 is 6.10 Å². The first-order valence-corrected chi connectivity index (χ1v) is 9.67. The molecule has 5 heteroatoms. The molecule has 1 spiro atoms. The fourth-order valence-corrected chi connectivity index (χ4v) is 5.34.